The predicted octanol–water partition coefficient (Wildman–Crippen LogP) is 3.89. The molecule has 25 heavy (non-hydrogen) atoms. The maximum absolute atomic E-state index is 13.2. The van der Waals surface area contributed by atoms with Crippen molar-refractivity contribution in [3.8, 4) is 5.75 Å². The average molecular weight is 394 g/mol. The fourth-order valence-electron chi connectivity index (χ4n) is 2.21. The van der Waals surface area contributed by atoms with E-state index in [2.05, 4.69) is 0 Å². The van der Waals surface area contributed by atoms with Crippen molar-refractivity contribution in [2.75, 3.05) is 0 Å². The first-order valence-electron chi connectivity index (χ1n) is 7.21. The lowest BCUT2D eigenvalue weighted by atomic mass is 10.1. The van der Waals surface area contributed by atoms with Crippen LogP contribution < -0.4 is 4.72 Å². The zero-order valence-corrected chi connectivity index (χ0v) is 14.4. The van der Waals surface area contributed by atoms with Crippen LogP contribution in [0.25, 0.3) is 0 Å². The van der Waals surface area contributed by atoms with Crippen LogP contribution in [-0.4, -0.2) is 25.7 Å². The van der Waals surface area contributed by atoms with E-state index in [1.54, 1.807) is 35.1 Å². The number of alkyl halides is 3. The van der Waals surface area contributed by atoms with E-state index in [0.29, 0.717) is 5.56 Å². The van der Waals surface area contributed by atoms with Crippen LogP contribution in [0.15, 0.2) is 53.4 Å². The van der Waals surface area contributed by atoms with Gasteiger partial charge in [-0.1, -0.05) is 48.0 Å². The maximum Gasteiger partial charge on any atom is 0.404 e. The number of benzene rings is 2. The molecule has 0 amide bonds. The van der Waals surface area contributed by atoms with E-state index in [1.165, 1.54) is 12.1 Å². The first kappa shape index (κ1) is 19.6. The third-order valence-electron chi connectivity index (χ3n) is 3.50. The van der Waals surface area contributed by atoms with E-state index in [0.717, 1.165) is 6.07 Å². The van der Waals surface area contributed by atoms with Crippen molar-refractivity contribution in [1.29, 1.82) is 0 Å². The second-order valence-corrected chi connectivity index (χ2v) is 7.42. The van der Waals surface area contributed by atoms with Gasteiger partial charge in [-0.05, 0) is 30.5 Å². The first-order valence-corrected chi connectivity index (χ1v) is 9.08. The Balaban J connectivity index is 2.23. The Kier molecular flexibility index (Phi) is 5.97. The molecule has 0 fully saturated rings. The SMILES string of the molecule is O=S(=O)(NC(CCc1ccccc1)C(F)(F)F)c1cccc(Cl)c1O. The van der Waals surface area contributed by atoms with Crippen molar-refractivity contribution in [3.63, 3.8) is 0 Å². The number of sulfonamides is 1. The fraction of sp³-hybridized carbons (Fsp3) is 0.250. The molecule has 0 spiro atoms. The summed E-state index contributed by atoms with van der Waals surface area (Å²) in [4.78, 5) is -0.700. The average Bonchev–Trinajstić information content (AvgIpc) is 2.53. The number of para-hydroxylation sites is 1. The molecule has 136 valence electrons. The number of hydrogen-bond donors (Lipinski definition) is 2. The fourth-order valence-corrected chi connectivity index (χ4v) is 3.81. The highest BCUT2D eigenvalue weighted by atomic mass is 35.5. The van der Waals surface area contributed by atoms with Gasteiger partial charge in [-0.15, -0.1) is 0 Å². The number of aryl methyl sites for hydroxylation is 1. The van der Waals surface area contributed by atoms with Gasteiger partial charge >= 0.3 is 6.18 Å². The molecule has 0 saturated carbocycles. The monoisotopic (exact) mass is 393 g/mol. The highest BCUT2D eigenvalue weighted by Crippen LogP contribution is 2.32. The Bertz CT molecular complexity index is 826. The van der Waals surface area contributed by atoms with Gasteiger partial charge in [0.15, 0.2) is 5.75 Å². The maximum atomic E-state index is 13.2. The van der Waals surface area contributed by atoms with E-state index in [9.17, 15) is 26.7 Å². The molecule has 0 bridgehead atoms. The van der Waals surface area contributed by atoms with Crippen molar-refractivity contribution in [2.24, 2.45) is 0 Å². The number of phenols is 1. The van der Waals surface area contributed by atoms with Gasteiger partial charge in [0.25, 0.3) is 0 Å². The molecular formula is C16H15ClF3NO3S. The first-order chi connectivity index (χ1) is 11.6. The van der Waals surface area contributed by atoms with Crippen LogP contribution in [-0.2, 0) is 16.4 Å². The van der Waals surface area contributed by atoms with Crippen molar-refractivity contribution < 1.29 is 26.7 Å². The highest BCUT2D eigenvalue weighted by molar-refractivity contribution is 7.89. The summed E-state index contributed by atoms with van der Waals surface area (Å²) in [5.41, 5.74) is 0.654. The summed E-state index contributed by atoms with van der Waals surface area (Å²) in [6.45, 7) is 0. The smallest absolute Gasteiger partial charge is 0.404 e. The molecule has 2 N–H and O–H groups in total. The quantitative estimate of drug-likeness (QED) is 0.782. The Morgan fingerprint density at radius 2 is 1.72 bits per heavy atom. The Hall–Kier alpha value is -1.77. The molecule has 0 aliphatic heterocycles. The molecule has 1 unspecified atom stereocenters. The number of nitrogens with one attached hydrogen (secondary N) is 1. The van der Waals surface area contributed by atoms with Crippen molar-refractivity contribution in [1.82, 2.24) is 4.72 Å². The highest BCUT2D eigenvalue weighted by Gasteiger charge is 2.42. The minimum atomic E-state index is -4.78. The minimum Gasteiger partial charge on any atom is -0.505 e. The van der Waals surface area contributed by atoms with Gasteiger partial charge < -0.3 is 5.11 Å². The van der Waals surface area contributed by atoms with Crippen LogP contribution in [0, 0.1) is 0 Å². The van der Waals surface area contributed by atoms with Gasteiger partial charge in [0.05, 0.1) is 5.02 Å². The zero-order chi connectivity index (χ0) is 18.7. The zero-order valence-electron chi connectivity index (χ0n) is 12.8. The molecule has 0 aromatic heterocycles. The molecule has 2 aromatic rings. The summed E-state index contributed by atoms with van der Waals surface area (Å²) < 4.78 is 65.8. The van der Waals surface area contributed by atoms with E-state index in [4.69, 9.17) is 11.6 Å². The number of phenolic OH excluding ortho intramolecular Hbond substituents is 1. The Labute approximate surface area is 148 Å². The normalized spacial score (nSPS) is 13.6. The summed E-state index contributed by atoms with van der Waals surface area (Å²) in [7, 11) is -4.60. The molecule has 0 radical (unpaired) electrons. The van der Waals surface area contributed by atoms with Gasteiger partial charge in [0.2, 0.25) is 10.0 Å². The largest absolute Gasteiger partial charge is 0.505 e. The lowest BCUT2D eigenvalue weighted by Gasteiger charge is -2.22. The number of rotatable bonds is 6. The second kappa shape index (κ2) is 7.63. The summed E-state index contributed by atoms with van der Waals surface area (Å²) in [6.07, 6.45) is -5.22. The van der Waals surface area contributed by atoms with Crippen LogP contribution in [0.2, 0.25) is 5.02 Å². The predicted molar refractivity (Wildman–Crippen MR) is 88.0 cm³/mol. The molecule has 0 aliphatic carbocycles. The number of hydrogen-bond acceptors (Lipinski definition) is 3. The summed E-state index contributed by atoms with van der Waals surface area (Å²) in [6, 6.07) is 9.56. The molecular weight excluding hydrogens is 379 g/mol. The lowest BCUT2D eigenvalue weighted by Crippen LogP contribution is -2.45. The Morgan fingerprint density at radius 3 is 2.32 bits per heavy atom. The molecule has 2 aromatic carbocycles. The third-order valence-corrected chi connectivity index (χ3v) is 5.30. The van der Waals surface area contributed by atoms with E-state index >= 15 is 0 Å². The topological polar surface area (TPSA) is 66.4 Å². The minimum absolute atomic E-state index is 0.0368. The molecule has 0 aliphatic rings. The van der Waals surface area contributed by atoms with Gasteiger partial charge in [0, 0.05) is 0 Å². The van der Waals surface area contributed by atoms with Crippen LogP contribution in [0.3, 0.4) is 0 Å². The molecule has 4 nitrogen and oxygen atoms in total. The van der Waals surface area contributed by atoms with Crippen molar-refractivity contribution in [2.45, 2.75) is 30.0 Å². The molecule has 0 heterocycles. The summed E-state index contributed by atoms with van der Waals surface area (Å²) in [5.74, 6) is -0.791. The van der Waals surface area contributed by atoms with Gasteiger partial charge in [0.1, 0.15) is 10.9 Å². The molecule has 2 rings (SSSR count). The summed E-state index contributed by atoms with van der Waals surface area (Å²) >= 11 is 5.62. The van der Waals surface area contributed by atoms with Gasteiger partial charge in [-0.25, -0.2) is 8.42 Å². The number of halogens is 4. The Morgan fingerprint density at radius 1 is 1.08 bits per heavy atom. The standard InChI is InChI=1S/C16H15ClF3NO3S/c17-12-7-4-8-13(15(12)22)25(23,24)21-14(16(18,19)20)10-9-11-5-2-1-3-6-11/h1-8,14,21-22H,9-10H2. The van der Waals surface area contributed by atoms with Crippen molar-refractivity contribution >= 4 is 21.6 Å². The van der Waals surface area contributed by atoms with Crippen LogP contribution in [0.4, 0.5) is 13.2 Å². The number of aromatic hydroxyl groups is 1. The van der Waals surface area contributed by atoms with E-state index in [1.807, 2.05) is 0 Å². The van der Waals surface area contributed by atoms with Gasteiger partial charge in [-0.2, -0.15) is 17.9 Å². The van der Waals surface area contributed by atoms with E-state index < -0.39 is 39.3 Å². The molecule has 0 saturated heterocycles. The third kappa shape index (κ3) is 5.10. The van der Waals surface area contributed by atoms with Crippen LogP contribution in [0.5, 0.6) is 5.75 Å². The molecule has 1 atom stereocenters. The van der Waals surface area contributed by atoms with E-state index in [-0.39, 0.29) is 11.4 Å². The van der Waals surface area contributed by atoms with Gasteiger partial charge in [-0.3, -0.25) is 0 Å². The summed E-state index contributed by atoms with van der Waals surface area (Å²) in [5, 5.41) is 9.46. The molecule has 9 heteroatoms. The lowest BCUT2D eigenvalue weighted by molar-refractivity contribution is -0.152. The van der Waals surface area contributed by atoms with Crippen LogP contribution in [0.1, 0.15) is 12.0 Å². The second-order valence-electron chi connectivity index (χ2n) is 5.33. The van der Waals surface area contributed by atoms with Crippen LogP contribution >= 0.6 is 11.6 Å². The van der Waals surface area contributed by atoms with Crippen molar-refractivity contribution in [3.05, 3.63) is 59.1 Å².